The Labute approximate surface area is 81.2 Å². The fourth-order valence-corrected chi connectivity index (χ4v) is 0.824. The first kappa shape index (κ1) is 12.5. The summed E-state index contributed by atoms with van der Waals surface area (Å²) in [6.07, 6.45) is -5.04. The van der Waals surface area contributed by atoms with E-state index in [1.807, 2.05) is 0 Å². The van der Waals surface area contributed by atoms with E-state index in [0.29, 0.717) is 0 Å². The molecule has 1 amide bonds. The second-order valence-corrected chi connectivity index (χ2v) is 2.66. The third kappa shape index (κ3) is 4.33. The molecule has 1 atom stereocenters. The fraction of sp³-hybridized carbons (Fsp3) is 0.600. The van der Waals surface area contributed by atoms with E-state index in [1.165, 1.54) is 5.32 Å². The highest BCUT2D eigenvalue weighted by molar-refractivity contribution is 6.65. The van der Waals surface area contributed by atoms with Gasteiger partial charge >= 0.3 is 12.1 Å². The lowest BCUT2D eigenvalue weighted by atomic mass is 10.3. The molecule has 0 aliphatic rings. The highest BCUT2D eigenvalue weighted by Gasteiger charge is 2.40. The van der Waals surface area contributed by atoms with Crippen molar-refractivity contribution < 1.29 is 22.8 Å². The number of carbonyl (C=O) groups excluding carboxylic acids is 2. The van der Waals surface area contributed by atoms with Crippen LogP contribution in [0.15, 0.2) is 0 Å². The maximum Gasteiger partial charge on any atom is 0.471 e. The minimum absolute atomic E-state index is 0.510. The molecule has 0 rings (SSSR count). The van der Waals surface area contributed by atoms with Crippen molar-refractivity contribution in [3.05, 3.63) is 0 Å². The molecule has 1 unspecified atom stereocenters. The minimum atomic E-state index is -5.04. The van der Waals surface area contributed by atoms with Gasteiger partial charge in [0.15, 0.2) is 0 Å². The number of nitrogens with one attached hydrogen (secondary N) is 1. The van der Waals surface area contributed by atoms with Crippen molar-refractivity contribution in [2.24, 2.45) is 0 Å². The SMILES string of the molecule is O=C(Cl)C(CCl)NC(=O)C(F)(F)F. The second-order valence-electron chi connectivity index (χ2n) is 1.98. The number of carbonyl (C=O) groups is 2. The van der Waals surface area contributed by atoms with Crippen LogP contribution in [0.25, 0.3) is 0 Å². The molecule has 0 bridgehead atoms. The van der Waals surface area contributed by atoms with Crippen molar-refractivity contribution >= 4 is 34.4 Å². The van der Waals surface area contributed by atoms with Gasteiger partial charge in [-0.05, 0) is 11.6 Å². The maximum atomic E-state index is 11.6. The van der Waals surface area contributed by atoms with Gasteiger partial charge in [-0.3, -0.25) is 9.59 Å². The summed E-state index contributed by atoms with van der Waals surface area (Å²) in [5.74, 6) is -2.75. The summed E-state index contributed by atoms with van der Waals surface area (Å²) >= 11 is 9.90. The third-order valence-electron chi connectivity index (χ3n) is 0.991. The Hall–Kier alpha value is -0.490. The molecule has 0 fully saturated rings. The molecule has 76 valence electrons. The topological polar surface area (TPSA) is 46.2 Å². The molecule has 0 radical (unpaired) electrons. The lowest BCUT2D eigenvalue weighted by Gasteiger charge is -2.12. The van der Waals surface area contributed by atoms with Crippen LogP contribution in [0.5, 0.6) is 0 Å². The number of amides is 1. The van der Waals surface area contributed by atoms with Gasteiger partial charge in [-0.25, -0.2) is 0 Å². The van der Waals surface area contributed by atoms with E-state index in [2.05, 4.69) is 0 Å². The summed E-state index contributed by atoms with van der Waals surface area (Å²) in [5.41, 5.74) is 0. The van der Waals surface area contributed by atoms with Crippen LogP contribution in [-0.2, 0) is 9.59 Å². The van der Waals surface area contributed by atoms with Gasteiger partial charge in [-0.15, -0.1) is 11.6 Å². The Morgan fingerprint density at radius 3 is 2.08 bits per heavy atom. The van der Waals surface area contributed by atoms with Crippen LogP contribution >= 0.6 is 23.2 Å². The molecular weight excluding hydrogens is 234 g/mol. The molecule has 0 aliphatic heterocycles. The normalized spacial score (nSPS) is 13.6. The van der Waals surface area contributed by atoms with E-state index < -0.39 is 29.2 Å². The van der Waals surface area contributed by atoms with Gasteiger partial charge in [0.1, 0.15) is 6.04 Å². The standard InChI is InChI=1S/C5H4Cl2F3NO2/c6-1-2(3(7)12)11-4(13)5(8,9)10/h2H,1H2,(H,11,13). The Morgan fingerprint density at radius 1 is 1.38 bits per heavy atom. The Kier molecular flexibility index (Phi) is 4.49. The van der Waals surface area contributed by atoms with Gasteiger partial charge in [0.2, 0.25) is 5.24 Å². The molecular formula is C5H4Cl2F3NO2. The summed E-state index contributed by atoms with van der Waals surface area (Å²) < 4.78 is 34.8. The van der Waals surface area contributed by atoms with Gasteiger partial charge < -0.3 is 5.32 Å². The van der Waals surface area contributed by atoms with Crippen LogP contribution in [-0.4, -0.2) is 29.2 Å². The summed E-state index contributed by atoms with van der Waals surface area (Å²) in [6, 6.07) is -1.52. The number of alkyl halides is 4. The minimum Gasteiger partial charge on any atom is -0.336 e. The Balaban J connectivity index is 4.26. The van der Waals surface area contributed by atoms with Gasteiger partial charge in [0.05, 0.1) is 5.88 Å². The lowest BCUT2D eigenvalue weighted by Crippen LogP contribution is -2.46. The molecule has 0 aromatic heterocycles. The van der Waals surface area contributed by atoms with Crippen molar-refractivity contribution in [3.63, 3.8) is 0 Å². The summed E-state index contributed by atoms with van der Waals surface area (Å²) in [6.45, 7) is 0. The molecule has 0 saturated carbocycles. The smallest absolute Gasteiger partial charge is 0.336 e. The monoisotopic (exact) mass is 237 g/mol. The zero-order chi connectivity index (χ0) is 10.6. The molecule has 1 N–H and O–H groups in total. The van der Waals surface area contributed by atoms with Crippen LogP contribution in [0.2, 0.25) is 0 Å². The molecule has 0 aliphatic carbocycles. The van der Waals surface area contributed by atoms with Crippen LogP contribution in [0, 0.1) is 0 Å². The van der Waals surface area contributed by atoms with Crippen LogP contribution in [0.4, 0.5) is 13.2 Å². The van der Waals surface area contributed by atoms with E-state index >= 15 is 0 Å². The van der Waals surface area contributed by atoms with Crippen LogP contribution in [0.3, 0.4) is 0 Å². The van der Waals surface area contributed by atoms with Gasteiger partial charge in [-0.1, -0.05) is 0 Å². The van der Waals surface area contributed by atoms with Crippen LogP contribution < -0.4 is 5.32 Å². The molecule has 0 aromatic carbocycles. The predicted octanol–water partition coefficient (Wildman–Crippen LogP) is 1.04. The zero-order valence-electron chi connectivity index (χ0n) is 5.99. The third-order valence-corrected chi connectivity index (χ3v) is 1.56. The fourth-order valence-electron chi connectivity index (χ4n) is 0.396. The quantitative estimate of drug-likeness (QED) is 0.589. The Bertz CT molecular complexity index is 218. The molecule has 0 spiro atoms. The average Bonchev–Trinajstić information content (AvgIpc) is 1.96. The number of rotatable bonds is 3. The van der Waals surface area contributed by atoms with Gasteiger partial charge in [0.25, 0.3) is 0 Å². The van der Waals surface area contributed by atoms with Crippen molar-refractivity contribution in [3.8, 4) is 0 Å². The number of halogens is 5. The number of hydrogen-bond donors (Lipinski definition) is 1. The zero-order valence-corrected chi connectivity index (χ0v) is 7.50. The summed E-state index contributed by atoms with van der Waals surface area (Å²) in [7, 11) is 0. The second kappa shape index (κ2) is 4.66. The maximum absolute atomic E-state index is 11.6. The molecule has 13 heavy (non-hydrogen) atoms. The summed E-state index contributed by atoms with van der Waals surface area (Å²) in [4.78, 5) is 20.6. The van der Waals surface area contributed by atoms with E-state index in [1.54, 1.807) is 0 Å². The summed E-state index contributed by atoms with van der Waals surface area (Å²) in [5, 5.41) is 0.183. The highest BCUT2D eigenvalue weighted by Crippen LogP contribution is 2.14. The largest absolute Gasteiger partial charge is 0.471 e. The van der Waals surface area contributed by atoms with Gasteiger partial charge in [-0.2, -0.15) is 13.2 Å². The van der Waals surface area contributed by atoms with Crippen molar-refractivity contribution in [2.75, 3.05) is 5.88 Å². The first-order valence-electron chi connectivity index (χ1n) is 2.92. The van der Waals surface area contributed by atoms with Crippen molar-refractivity contribution in [1.29, 1.82) is 0 Å². The van der Waals surface area contributed by atoms with E-state index in [0.717, 1.165) is 0 Å². The number of hydrogen-bond acceptors (Lipinski definition) is 2. The molecule has 0 saturated heterocycles. The molecule has 0 heterocycles. The first-order valence-corrected chi connectivity index (χ1v) is 3.83. The lowest BCUT2D eigenvalue weighted by molar-refractivity contribution is -0.174. The van der Waals surface area contributed by atoms with Crippen molar-refractivity contribution in [1.82, 2.24) is 5.32 Å². The van der Waals surface area contributed by atoms with E-state index in [-0.39, 0.29) is 0 Å². The highest BCUT2D eigenvalue weighted by atomic mass is 35.5. The average molecular weight is 238 g/mol. The van der Waals surface area contributed by atoms with Gasteiger partial charge in [0, 0.05) is 0 Å². The Morgan fingerprint density at radius 2 is 1.85 bits per heavy atom. The van der Waals surface area contributed by atoms with E-state index in [9.17, 15) is 22.8 Å². The van der Waals surface area contributed by atoms with Crippen molar-refractivity contribution in [2.45, 2.75) is 12.2 Å². The van der Waals surface area contributed by atoms with Crippen LogP contribution in [0.1, 0.15) is 0 Å². The predicted molar refractivity (Wildman–Crippen MR) is 39.6 cm³/mol. The molecule has 0 aromatic rings. The molecule has 3 nitrogen and oxygen atoms in total. The first-order chi connectivity index (χ1) is 5.79. The molecule has 8 heteroatoms. The van der Waals surface area contributed by atoms with E-state index in [4.69, 9.17) is 23.2 Å².